The molecule has 2 aromatic rings. The Bertz CT molecular complexity index is 1100. The molecular formula is C22H25N3O6S. The van der Waals surface area contributed by atoms with Crippen LogP contribution < -0.4 is 15.0 Å². The van der Waals surface area contributed by atoms with Crippen molar-refractivity contribution in [3.8, 4) is 5.75 Å². The molecule has 2 fully saturated rings. The summed E-state index contributed by atoms with van der Waals surface area (Å²) in [5.41, 5.74) is 1.10. The van der Waals surface area contributed by atoms with Crippen molar-refractivity contribution in [2.24, 2.45) is 5.92 Å². The number of carbonyl (C=O) groups excluding carboxylic acids is 2. The van der Waals surface area contributed by atoms with E-state index in [0.717, 1.165) is 0 Å². The summed E-state index contributed by atoms with van der Waals surface area (Å²) in [6, 6.07) is 13.2. The van der Waals surface area contributed by atoms with Crippen LogP contribution in [-0.2, 0) is 24.3 Å². The molecule has 32 heavy (non-hydrogen) atoms. The summed E-state index contributed by atoms with van der Waals surface area (Å²) < 4.78 is 37.4. The largest absolute Gasteiger partial charge is 0.495 e. The highest BCUT2D eigenvalue weighted by Gasteiger charge is 2.36. The Morgan fingerprint density at radius 2 is 1.78 bits per heavy atom. The van der Waals surface area contributed by atoms with Gasteiger partial charge >= 0.3 is 0 Å². The first kappa shape index (κ1) is 22.3. The maximum atomic E-state index is 12.8. The Morgan fingerprint density at radius 3 is 2.47 bits per heavy atom. The maximum Gasteiger partial charge on any atom is 0.243 e. The summed E-state index contributed by atoms with van der Waals surface area (Å²) in [5, 5.41) is 2.79. The number of hydrogen-bond acceptors (Lipinski definition) is 6. The molecule has 2 amide bonds. The number of anilines is 2. The Hall–Kier alpha value is -2.95. The van der Waals surface area contributed by atoms with Crippen LogP contribution in [0.1, 0.15) is 6.42 Å². The van der Waals surface area contributed by atoms with E-state index in [1.165, 1.54) is 23.5 Å². The molecule has 2 heterocycles. The van der Waals surface area contributed by atoms with Gasteiger partial charge in [-0.05, 0) is 36.4 Å². The molecule has 0 bridgehead atoms. The van der Waals surface area contributed by atoms with Gasteiger partial charge in [0.25, 0.3) is 0 Å². The average molecular weight is 460 g/mol. The zero-order chi connectivity index (χ0) is 22.7. The van der Waals surface area contributed by atoms with E-state index >= 15 is 0 Å². The summed E-state index contributed by atoms with van der Waals surface area (Å²) >= 11 is 0. The van der Waals surface area contributed by atoms with Crippen LogP contribution in [0, 0.1) is 5.92 Å². The molecule has 0 aromatic heterocycles. The molecule has 2 aromatic carbocycles. The van der Waals surface area contributed by atoms with Crippen LogP contribution in [0.2, 0.25) is 0 Å². The number of nitrogens with zero attached hydrogens (tertiary/aromatic N) is 2. The molecule has 0 radical (unpaired) electrons. The number of morpholine rings is 1. The van der Waals surface area contributed by atoms with Crippen LogP contribution in [0.3, 0.4) is 0 Å². The molecule has 2 aliphatic rings. The molecule has 0 saturated carbocycles. The number of amides is 2. The first-order chi connectivity index (χ1) is 15.4. The van der Waals surface area contributed by atoms with Gasteiger partial charge in [0.1, 0.15) is 5.75 Å². The van der Waals surface area contributed by atoms with Crippen LogP contribution in [0.5, 0.6) is 5.75 Å². The Morgan fingerprint density at radius 1 is 1.09 bits per heavy atom. The molecule has 4 rings (SSSR count). The van der Waals surface area contributed by atoms with Crippen LogP contribution in [0.4, 0.5) is 11.4 Å². The van der Waals surface area contributed by atoms with Crippen molar-refractivity contribution < 1.29 is 27.5 Å². The third kappa shape index (κ3) is 4.47. The normalized spacial score (nSPS) is 19.7. The second-order valence-electron chi connectivity index (χ2n) is 7.61. The van der Waals surface area contributed by atoms with Crippen LogP contribution in [-0.4, -0.2) is 64.5 Å². The van der Waals surface area contributed by atoms with E-state index in [9.17, 15) is 18.0 Å². The highest BCUT2D eigenvalue weighted by atomic mass is 32.2. The summed E-state index contributed by atoms with van der Waals surface area (Å²) in [4.78, 5) is 27.0. The highest BCUT2D eigenvalue weighted by molar-refractivity contribution is 7.89. The third-order valence-corrected chi connectivity index (χ3v) is 7.51. The molecule has 2 aliphatic heterocycles. The monoisotopic (exact) mass is 459 g/mol. The van der Waals surface area contributed by atoms with Crippen LogP contribution in [0.15, 0.2) is 53.4 Å². The standard InChI is InChI=1S/C22H25N3O6S/c1-30-20-5-3-2-4-19(20)25-15-16(14-21(25)26)22(27)23-17-6-8-18(9-7-17)32(28,29)24-10-12-31-13-11-24/h2-9,16H,10-15H2,1H3,(H,23,27)/t16-/m1/s1. The predicted molar refractivity (Wildman–Crippen MR) is 118 cm³/mol. The number of hydrogen-bond donors (Lipinski definition) is 1. The van der Waals surface area contributed by atoms with Gasteiger partial charge in [0, 0.05) is 31.7 Å². The number of carbonyl (C=O) groups is 2. The predicted octanol–water partition coefficient (Wildman–Crippen LogP) is 1.71. The van der Waals surface area contributed by atoms with E-state index in [2.05, 4.69) is 5.32 Å². The molecule has 2 saturated heterocycles. The molecule has 170 valence electrons. The van der Waals surface area contributed by atoms with Crippen molar-refractivity contribution in [1.82, 2.24) is 4.31 Å². The minimum absolute atomic E-state index is 0.0907. The number of rotatable bonds is 6. The molecule has 0 aliphatic carbocycles. The summed E-state index contributed by atoms with van der Waals surface area (Å²) in [6.07, 6.45) is 0.0907. The molecule has 1 N–H and O–H groups in total. The third-order valence-electron chi connectivity index (χ3n) is 5.60. The van der Waals surface area contributed by atoms with E-state index in [0.29, 0.717) is 43.4 Å². The first-order valence-electron chi connectivity index (χ1n) is 10.3. The van der Waals surface area contributed by atoms with Crippen LogP contribution in [0.25, 0.3) is 0 Å². The fraction of sp³-hybridized carbons (Fsp3) is 0.364. The average Bonchev–Trinajstić information content (AvgIpc) is 3.21. The molecule has 10 heteroatoms. The first-order valence-corrected chi connectivity index (χ1v) is 11.8. The zero-order valence-corrected chi connectivity index (χ0v) is 18.5. The van der Waals surface area contributed by atoms with E-state index in [4.69, 9.17) is 9.47 Å². The second kappa shape index (κ2) is 9.27. The van der Waals surface area contributed by atoms with Gasteiger partial charge in [-0.2, -0.15) is 4.31 Å². The van der Waals surface area contributed by atoms with Crippen molar-refractivity contribution in [2.75, 3.05) is 50.2 Å². The molecule has 9 nitrogen and oxygen atoms in total. The van der Waals surface area contributed by atoms with Crippen LogP contribution >= 0.6 is 0 Å². The van der Waals surface area contributed by atoms with E-state index < -0.39 is 15.9 Å². The van der Waals surface area contributed by atoms with Gasteiger partial charge in [0.2, 0.25) is 21.8 Å². The van der Waals surface area contributed by atoms with Gasteiger partial charge in [-0.3, -0.25) is 9.59 Å². The Labute approximate surface area is 187 Å². The Kier molecular flexibility index (Phi) is 6.45. The SMILES string of the molecule is COc1ccccc1N1C[C@H](C(=O)Nc2ccc(S(=O)(=O)N3CCOCC3)cc2)CC1=O. The number of para-hydroxylation sites is 2. The lowest BCUT2D eigenvalue weighted by Gasteiger charge is -2.26. The minimum atomic E-state index is -3.60. The second-order valence-corrected chi connectivity index (χ2v) is 9.55. The van der Waals surface area contributed by atoms with Gasteiger partial charge in [-0.1, -0.05) is 12.1 Å². The van der Waals surface area contributed by atoms with Gasteiger partial charge in [0.15, 0.2) is 0 Å². The van der Waals surface area contributed by atoms with Crippen molar-refractivity contribution in [3.63, 3.8) is 0 Å². The molecule has 1 atom stereocenters. The topological polar surface area (TPSA) is 105 Å². The lowest BCUT2D eigenvalue weighted by Crippen LogP contribution is -2.40. The highest BCUT2D eigenvalue weighted by Crippen LogP contribution is 2.33. The zero-order valence-electron chi connectivity index (χ0n) is 17.7. The molecule has 0 spiro atoms. The number of methoxy groups -OCH3 is 1. The number of sulfonamides is 1. The van der Waals surface area contributed by atoms with Gasteiger partial charge in [-0.25, -0.2) is 8.42 Å². The van der Waals surface area contributed by atoms with E-state index in [1.807, 2.05) is 12.1 Å². The van der Waals surface area contributed by atoms with E-state index in [-0.39, 0.29) is 29.7 Å². The fourth-order valence-electron chi connectivity index (χ4n) is 3.86. The maximum absolute atomic E-state index is 12.8. The van der Waals surface area contributed by atoms with Crippen molar-refractivity contribution in [2.45, 2.75) is 11.3 Å². The molecular weight excluding hydrogens is 434 g/mol. The number of benzene rings is 2. The van der Waals surface area contributed by atoms with Gasteiger partial charge in [-0.15, -0.1) is 0 Å². The van der Waals surface area contributed by atoms with Crippen molar-refractivity contribution >= 4 is 33.2 Å². The number of nitrogens with one attached hydrogen (secondary N) is 1. The molecule has 0 unspecified atom stereocenters. The lowest BCUT2D eigenvalue weighted by atomic mass is 10.1. The lowest BCUT2D eigenvalue weighted by molar-refractivity contribution is -0.122. The summed E-state index contributed by atoms with van der Waals surface area (Å²) in [6.45, 7) is 1.63. The Balaban J connectivity index is 1.41. The summed E-state index contributed by atoms with van der Waals surface area (Å²) in [7, 11) is -2.06. The minimum Gasteiger partial charge on any atom is -0.495 e. The van der Waals surface area contributed by atoms with Crippen molar-refractivity contribution in [1.29, 1.82) is 0 Å². The smallest absolute Gasteiger partial charge is 0.243 e. The van der Waals surface area contributed by atoms with E-state index in [1.54, 1.807) is 29.2 Å². The number of ether oxygens (including phenoxy) is 2. The van der Waals surface area contributed by atoms with Gasteiger partial charge < -0.3 is 19.7 Å². The fourth-order valence-corrected chi connectivity index (χ4v) is 5.27. The van der Waals surface area contributed by atoms with Crippen molar-refractivity contribution in [3.05, 3.63) is 48.5 Å². The summed E-state index contributed by atoms with van der Waals surface area (Å²) in [5.74, 6) is -0.399. The van der Waals surface area contributed by atoms with Gasteiger partial charge in [0.05, 0.1) is 36.8 Å². The quantitative estimate of drug-likeness (QED) is 0.705.